The van der Waals surface area contributed by atoms with Crippen molar-refractivity contribution >= 4 is 5.91 Å². The molecular formula is C13H28N4O. The number of likely N-dealkylation sites (N-methyl/N-ethyl adjacent to an activating group) is 2. The Morgan fingerprint density at radius 3 is 2.72 bits per heavy atom. The number of hydrogen-bond acceptors (Lipinski definition) is 4. The van der Waals surface area contributed by atoms with E-state index in [1.165, 1.54) is 0 Å². The monoisotopic (exact) mass is 256 g/mol. The van der Waals surface area contributed by atoms with E-state index >= 15 is 0 Å². The molecule has 0 saturated carbocycles. The normalized spacial score (nSPS) is 25.7. The van der Waals surface area contributed by atoms with Crippen LogP contribution in [0.4, 0.5) is 0 Å². The minimum atomic E-state index is -0.387. The van der Waals surface area contributed by atoms with Crippen LogP contribution in [-0.2, 0) is 4.79 Å². The Morgan fingerprint density at radius 2 is 2.11 bits per heavy atom. The van der Waals surface area contributed by atoms with Crippen LogP contribution >= 0.6 is 0 Å². The van der Waals surface area contributed by atoms with E-state index < -0.39 is 0 Å². The molecule has 18 heavy (non-hydrogen) atoms. The average molecular weight is 256 g/mol. The molecule has 1 saturated heterocycles. The summed E-state index contributed by atoms with van der Waals surface area (Å²) in [5.41, 5.74) is 5.91. The van der Waals surface area contributed by atoms with Crippen molar-refractivity contribution in [2.75, 3.05) is 40.3 Å². The van der Waals surface area contributed by atoms with E-state index in [2.05, 4.69) is 36.1 Å². The first-order valence-corrected chi connectivity index (χ1v) is 6.87. The molecule has 0 bridgehead atoms. The third-order valence-electron chi connectivity index (χ3n) is 4.05. The summed E-state index contributed by atoms with van der Waals surface area (Å²) in [7, 11) is 4.23. The van der Waals surface area contributed by atoms with Gasteiger partial charge in [0.15, 0.2) is 0 Å². The van der Waals surface area contributed by atoms with Gasteiger partial charge in [0, 0.05) is 32.2 Å². The highest BCUT2D eigenvalue weighted by atomic mass is 16.2. The van der Waals surface area contributed by atoms with E-state index in [9.17, 15) is 4.79 Å². The third kappa shape index (κ3) is 4.23. The average Bonchev–Trinajstić information content (AvgIpc) is 2.37. The van der Waals surface area contributed by atoms with E-state index in [-0.39, 0.29) is 17.9 Å². The molecule has 0 aromatic heterocycles. The highest BCUT2D eigenvalue weighted by Crippen LogP contribution is 2.07. The molecule has 0 radical (unpaired) electrons. The van der Waals surface area contributed by atoms with Crippen molar-refractivity contribution in [3.05, 3.63) is 0 Å². The number of nitrogens with two attached hydrogens (primary N) is 1. The van der Waals surface area contributed by atoms with Crippen LogP contribution < -0.4 is 11.1 Å². The zero-order valence-electron chi connectivity index (χ0n) is 12.1. The number of carbonyl (C=O) groups is 1. The van der Waals surface area contributed by atoms with Crippen molar-refractivity contribution in [3.8, 4) is 0 Å². The van der Waals surface area contributed by atoms with Crippen molar-refractivity contribution in [2.45, 2.75) is 32.4 Å². The Hall–Kier alpha value is -0.650. The number of amides is 1. The Kier molecular flexibility index (Phi) is 6.05. The zero-order chi connectivity index (χ0) is 13.7. The van der Waals surface area contributed by atoms with Gasteiger partial charge in [-0.3, -0.25) is 9.69 Å². The third-order valence-corrected chi connectivity index (χ3v) is 4.05. The van der Waals surface area contributed by atoms with E-state index in [0.717, 1.165) is 26.1 Å². The van der Waals surface area contributed by atoms with Crippen molar-refractivity contribution < 1.29 is 4.79 Å². The van der Waals surface area contributed by atoms with E-state index in [1.807, 2.05) is 6.92 Å². The minimum Gasteiger partial charge on any atom is -0.353 e. The molecule has 0 aromatic carbocycles. The minimum absolute atomic E-state index is 0.0222. The lowest BCUT2D eigenvalue weighted by Crippen LogP contribution is -2.56. The predicted molar refractivity (Wildman–Crippen MR) is 74.4 cm³/mol. The summed E-state index contributed by atoms with van der Waals surface area (Å²) >= 11 is 0. The maximum atomic E-state index is 11.9. The molecule has 0 aliphatic carbocycles. The SMILES string of the molecule is CCC(C)[C@H](N)C(=O)NCC1CN(C)CCN1C. The van der Waals surface area contributed by atoms with Crippen LogP contribution in [0.25, 0.3) is 0 Å². The molecule has 1 aliphatic rings. The molecule has 1 aliphatic heterocycles. The number of piperazine rings is 1. The van der Waals surface area contributed by atoms with Gasteiger partial charge in [-0.2, -0.15) is 0 Å². The number of rotatable bonds is 5. The van der Waals surface area contributed by atoms with Crippen molar-refractivity contribution in [1.82, 2.24) is 15.1 Å². The number of hydrogen-bond donors (Lipinski definition) is 2. The number of nitrogens with zero attached hydrogens (tertiary/aromatic N) is 2. The molecule has 0 aromatic rings. The summed E-state index contributed by atoms with van der Waals surface area (Å²) in [6.45, 7) is 7.90. The van der Waals surface area contributed by atoms with Crippen LogP contribution in [0, 0.1) is 5.92 Å². The lowest BCUT2D eigenvalue weighted by molar-refractivity contribution is -0.123. The number of carbonyl (C=O) groups excluding carboxylic acids is 1. The summed E-state index contributed by atoms with van der Waals surface area (Å²) in [6.07, 6.45) is 0.931. The summed E-state index contributed by atoms with van der Waals surface area (Å²) in [6, 6.07) is -0.00143. The van der Waals surface area contributed by atoms with Gasteiger partial charge >= 0.3 is 0 Å². The Balaban J connectivity index is 2.37. The molecule has 5 nitrogen and oxygen atoms in total. The van der Waals surface area contributed by atoms with Crippen LogP contribution in [0.1, 0.15) is 20.3 Å². The smallest absolute Gasteiger partial charge is 0.237 e. The zero-order valence-corrected chi connectivity index (χ0v) is 12.1. The maximum absolute atomic E-state index is 11.9. The lowest BCUT2D eigenvalue weighted by Gasteiger charge is -2.37. The van der Waals surface area contributed by atoms with Gasteiger partial charge in [0.05, 0.1) is 6.04 Å². The van der Waals surface area contributed by atoms with Gasteiger partial charge < -0.3 is 16.0 Å². The first-order chi connectivity index (χ1) is 8.45. The van der Waals surface area contributed by atoms with Gasteiger partial charge in [0.25, 0.3) is 0 Å². The molecule has 5 heteroatoms. The summed E-state index contributed by atoms with van der Waals surface area (Å²) in [5.74, 6) is 0.211. The number of nitrogens with one attached hydrogen (secondary N) is 1. The van der Waals surface area contributed by atoms with Crippen LogP contribution in [0.15, 0.2) is 0 Å². The molecule has 1 fully saturated rings. The topological polar surface area (TPSA) is 61.6 Å². The fourth-order valence-corrected chi connectivity index (χ4v) is 2.17. The second-order valence-electron chi connectivity index (χ2n) is 5.55. The highest BCUT2D eigenvalue weighted by molar-refractivity contribution is 5.81. The summed E-state index contributed by atoms with van der Waals surface area (Å²) in [5, 5.41) is 2.99. The van der Waals surface area contributed by atoms with E-state index in [4.69, 9.17) is 5.73 Å². The van der Waals surface area contributed by atoms with Crippen molar-refractivity contribution in [3.63, 3.8) is 0 Å². The Morgan fingerprint density at radius 1 is 1.44 bits per heavy atom. The van der Waals surface area contributed by atoms with Crippen molar-refractivity contribution in [2.24, 2.45) is 11.7 Å². The molecule has 2 unspecified atom stereocenters. The largest absolute Gasteiger partial charge is 0.353 e. The van der Waals surface area contributed by atoms with Crippen LogP contribution in [-0.4, -0.2) is 68.1 Å². The van der Waals surface area contributed by atoms with Gasteiger partial charge in [-0.25, -0.2) is 0 Å². The molecule has 1 rings (SSSR count). The lowest BCUT2D eigenvalue weighted by atomic mass is 9.99. The van der Waals surface area contributed by atoms with Gasteiger partial charge in [0.2, 0.25) is 5.91 Å². The molecule has 0 spiro atoms. The molecule has 3 atom stereocenters. The van der Waals surface area contributed by atoms with Gasteiger partial charge in [-0.15, -0.1) is 0 Å². The Bertz CT molecular complexity index is 272. The fourth-order valence-electron chi connectivity index (χ4n) is 2.17. The summed E-state index contributed by atoms with van der Waals surface area (Å²) < 4.78 is 0. The van der Waals surface area contributed by atoms with Crippen LogP contribution in [0.3, 0.4) is 0 Å². The molecule has 1 heterocycles. The van der Waals surface area contributed by atoms with E-state index in [1.54, 1.807) is 0 Å². The summed E-state index contributed by atoms with van der Waals surface area (Å²) in [4.78, 5) is 16.5. The Labute approximate surface area is 111 Å². The van der Waals surface area contributed by atoms with Gasteiger partial charge in [-0.05, 0) is 20.0 Å². The molecule has 3 N–H and O–H groups in total. The maximum Gasteiger partial charge on any atom is 0.237 e. The molecule has 1 amide bonds. The van der Waals surface area contributed by atoms with Crippen molar-refractivity contribution in [1.29, 1.82) is 0 Å². The van der Waals surface area contributed by atoms with E-state index in [0.29, 0.717) is 12.6 Å². The first kappa shape index (κ1) is 15.4. The quantitative estimate of drug-likeness (QED) is 0.710. The second-order valence-corrected chi connectivity index (χ2v) is 5.55. The van der Waals surface area contributed by atoms with Gasteiger partial charge in [-0.1, -0.05) is 20.3 Å². The van der Waals surface area contributed by atoms with Gasteiger partial charge in [0.1, 0.15) is 0 Å². The molecular weight excluding hydrogens is 228 g/mol. The van der Waals surface area contributed by atoms with Crippen LogP contribution in [0.5, 0.6) is 0 Å². The second kappa shape index (κ2) is 7.07. The fraction of sp³-hybridized carbons (Fsp3) is 0.923. The molecule has 106 valence electrons. The first-order valence-electron chi connectivity index (χ1n) is 6.87. The highest BCUT2D eigenvalue weighted by Gasteiger charge is 2.24. The predicted octanol–water partition coefficient (Wildman–Crippen LogP) is -0.278. The standard InChI is InChI=1S/C13H28N4O/c1-5-10(2)12(14)13(18)15-8-11-9-16(3)6-7-17(11)4/h10-12H,5-9,14H2,1-4H3,(H,15,18)/t10?,11?,12-/m0/s1. The van der Waals surface area contributed by atoms with Crippen LogP contribution in [0.2, 0.25) is 0 Å².